The molecule has 0 bridgehead atoms. The Morgan fingerprint density at radius 1 is 0.780 bits per heavy atom. The van der Waals surface area contributed by atoms with Crippen molar-refractivity contribution in [2.45, 2.75) is 121 Å². The van der Waals surface area contributed by atoms with Crippen molar-refractivity contribution in [1.82, 2.24) is 0 Å². The van der Waals surface area contributed by atoms with Gasteiger partial charge in [0.1, 0.15) is 30.5 Å². The number of carbonyl (C=O) groups excluding carboxylic acids is 1. The van der Waals surface area contributed by atoms with Crippen LogP contribution in [0.3, 0.4) is 0 Å². The zero-order chi connectivity index (χ0) is 30.1. The molecule has 1 fully saturated rings. The Bertz CT molecular complexity index is 762. The van der Waals surface area contributed by atoms with Crippen LogP contribution in [0, 0.1) is 0 Å². The molecule has 6 atom stereocenters. The lowest BCUT2D eigenvalue weighted by Gasteiger charge is -2.39. The third-order valence-corrected chi connectivity index (χ3v) is 6.56. The molecular formula is C32H54O9. The smallest absolute Gasteiger partial charge is 0.305 e. The van der Waals surface area contributed by atoms with Crippen LogP contribution in [0.25, 0.3) is 0 Å². The van der Waals surface area contributed by atoms with E-state index in [1.807, 2.05) is 0 Å². The summed E-state index contributed by atoms with van der Waals surface area (Å²) in [6.45, 7) is 3.79. The summed E-state index contributed by atoms with van der Waals surface area (Å²) in [6.07, 6.45) is 20.8. The van der Waals surface area contributed by atoms with Crippen molar-refractivity contribution in [1.29, 1.82) is 0 Å². The van der Waals surface area contributed by atoms with E-state index in [0.29, 0.717) is 6.61 Å². The number of aliphatic hydroxyl groups excluding tert-OH is 4. The molecule has 41 heavy (non-hydrogen) atoms. The van der Waals surface area contributed by atoms with Gasteiger partial charge in [-0.25, -0.2) is 0 Å². The molecule has 0 radical (unpaired) electrons. The molecule has 9 heteroatoms. The third-order valence-electron chi connectivity index (χ3n) is 6.56. The van der Waals surface area contributed by atoms with E-state index in [1.54, 1.807) is 6.92 Å². The van der Waals surface area contributed by atoms with Gasteiger partial charge in [-0.15, -0.1) is 0 Å². The Labute approximate surface area is 246 Å². The van der Waals surface area contributed by atoms with Gasteiger partial charge in [0.2, 0.25) is 0 Å². The van der Waals surface area contributed by atoms with Gasteiger partial charge in [0, 0.05) is 13.0 Å². The molecule has 0 aromatic rings. The summed E-state index contributed by atoms with van der Waals surface area (Å²) < 4.78 is 21.9. The largest absolute Gasteiger partial charge is 0.457 e. The van der Waals surface area contributed by atoms with Crippen LogP contribution >= 0.6 is 0 Å². The van der Waals surface area contributed by atoms with Gasteiger partial charge < -0.3 is 39.4 Å². The molecule has 0 saturated carbocycles. The van der Waals surface area contributed by atoms with E-state index in [9.17, 15) is 25.2 Å². The van der Waals surface area contributed by atoms with E-state index < -0.39 is 49.4 Å². The first-order valence-electron chi connectivity index (χ1n) is 15.2. The maximum atomic E-state index is 11.8. The highest BCUT2D eigenvalue weighted by molar-refractivity contribution is 5.69. The maximum absolute atomic E-state index is 11.8. The number of esters is 1. The highest BCUT2D eigenvalue weighted by Crippen LogP contribution is 2.22. The van der Waals surface area contributed by atoms with Gasteiger partial charge in [0.05, 0.1) is 19.8 Å². The molecule has 1 heterocycles. The highest BCUT2D eigenvalue weighted by Gasteiger charge is 2.44. The Morgan fingerprint density at radius 2 is 1.39 bits per heavy atom. The minimum atomic E-state index is -1.53. The molecule has 0 aliphatic carbocycles. The minimum absolute atomic E-state index is 0.120. The van der Waals surface area contributed by atoms with E-state index >= 15 is 0 Å². The first-order valence-corrected chi connectivity index (χ1v) is 15.2. The molecule has 236 valence electrons. The van der Waals surface area contributed by atoms with Gasteiger partial charge in [0.25, 0.3) is 0 Å². The van der Waals surface area contributed by atoms with Crippen molar-refractivity contribution in [3.8, 4) is 0 Å². The summed E-state index contributed by atoms with van der Waals surface area (Å²) in [6, 6.07) is 0. The van der Waals surface area contributed by atoms with E-state index in [1.165, 1.54) is 12.8 Å². The second kappa shape index (κ2) is 24.7. The number of aliphatic hydroxyl groups is 4. The molecule has 0 spiro atoms. The normalized spacial score (nSPS) is 24.3. The fourth-order valence-corrected chi connectivity index (χ4v) is 4.10. The lowest BCUT2D eigenvalue weighted by molar-refractivity contribution is -0.305. The average Bonchev–Trinajstić information content (AvgIpc) is 2.98. The molecule has 0 amide bonds. The van der Waals surface area contributed by atoms with Crippen LogP contribution in [-0.4, -0.2) is 89.6 Å². The van der Waals surface area contributed by atoms with Gasteiger partial charge >= 0.3 is 5.97 Å². The molecule has 1 saturated heterocycles. The minimum Gasteiger partial charge on any atom is -0.457 e. The Kier molecular flexibility index (Phi) is 22.4. The molecule has 6 unspecified atom stereocenters. The lowest BCUT2D eigenvalue weighted by Crippen LogP contribution is -2.59. The summed E-state index contributed by atoms with van der Waals surface area (Å²) in [4.78, 5) is 11.8. The van der Waals surface area contributed by atoms with Crippen molar-refractivity contribution < 1.29 is 44.2 Å². The number of unbranched alkanes of at least 4 members (excludes halogenated alkanes) is 5. The highest BCUT2D eigenvalue weighted by atomic mass is 16.7. The maximum Gasteiger partial charge on any atom is 0.305 e. The third kappa shape index (κ3) is 17.6. The molecular weight excluding hydrogens is 528 g/mol. The summed E-state index contributed by atoms with van der Waals surface area (Å²) in [5, 5.41) is 39.2. The van der Waals surface area contributed by atoms with Crippen LogP contribution in [0.4, 0.5) is 0 Å². The number of allylic oxidation sites excluding steroid dienone is 8. The second-order valence-electron chi connectivity index (χ2n) is 10.1. The monoisotopic (exact) mass is 582 g/mol. The Morgan fingerprint density at radius 3 is 2.02 bits per heavy atom. The summed E-state index contributed by atoms with van der Waals surface area (Å²) in [5.41, 5.74) is 0. The Balaban J connectivity index is 2.14. The average molecular weight is 583 g/mol. The lowest BCUT2D eigenvalue weighted by atomic mass is 9.99. The van der Waals surface area contributed by atoms with Crippen molar-refractivity contribution in [2.24, 2.45) is 0 Å². The van der Waals surface area contributed by atoms with Gasteiger partial charge in [-0.3, -0.25) is 4.79 Å². The van der Waals surface area contributed by atoms with E-state index in [-0.39, 0.29) is 19.6 Å². The molecule has 1 aliphatic rings. The number of hydrogen-bond donors (Lipinski definition) is 4. The molecule has 1 aliphatic heterocycles. The Hall–Kier alpha value is -1.85. The molecule has 0 aromatic carbocycles. The van der Waals surface area contributed by atoms with Crippen LogP contribution < -0.4 is 0 Å². The predicted octanol–water partition coefficient (Wildman–Crippen LogP) is 4.29. The fraction of sp³-hybridized carbons (Fsp3) is 0.719. The fourth-order valence-electron chi connectivity index (χ4n) is 4.10. The van der Waals surface area contributed by atoms with Crippen LogP contribution in [-0.2, 0) is 23.7 Å². The quantitative estimate of drug-likeness (QED) is 0.0791. The molecule has 4 N–H and O–H groups in total. The van der Waals surface area contributed by atoms with Gasteiger partial charge in [-0.1, -0.05) is 81.7 Å². The standard InChI is InChI=1S/C32H54O9/c1-3-5-6-7-8-9-10-11-12-13-14-15-16-17-18-19-20-21-22-38-24-26(40-28(34)4-2)25-39-32-31(37)30(36)29(35)27(23-33)41-32/h5-6,8-9,11-12,14-15,26-27,29-33,35-37H,3-4,7,10,13,16-25H2,1-2H3/b6-5-,9-8-,12-11-,15-14-. The first kappa shape index (κ1) is 37.2. The van der Waals surface area contributed by atoms with Crippen molar-refractivity contribution >= 4 is 5.97 Å². The number of hydrogen-bond acceptors (Lipinski definition) is 9. The summed E-state index contributed by atoms with van der Waals surface area (Å²) in [7, 11) is 0. The summed E-state index contributed by atoms with van der Waals surface area (Å²) in [5.74, 6) is -0.413. The zero-order valence-corrected chi connectivity index (χ0v) is 25.0. The van der Waals surface area contributed by atoms with Gasteiger partial charge in [-0.2, -0.15) is 0 Å². The number of carbonyl (C=O) groups is 1. The topological polar surface area (TPSA) is 135 Å². The van der Waals surface area contributed by atoms with Crippen LogP contribution in [0.15, 0.2) is 48.6 Å². The van der Waals surface area contributed by atoms with Crippen LogP contribution in [0.2, 0.25) is 0 Å². The van der Waals surface area contributed by atoms with Crippen molar-refractivity contribution in [3.63, 3.8) is 0 Å². The van der Waals surface area contributed by atoms with Gasteiger partial charge in [0.15, 0.2) is 6.29 Å². The van der Waals surface area contributed by atoms with Crippen LogP contribution in [0.5, 0.6) is 0 Å². The predicted molar refractivity (Wildman–Crippen MR) is 159 cm³/mol. The first-order chi connectivity index (χ1) is 19.9. The van der Waals surface area contributed by atoms with E-state index in [2.05, 4.69) is 55.5 Å². The van der Waals surface area contributed by atoms with E-state index in [4.69, 9.17) is 18.9 Å². The van der Waals surface area contributed by atoms with E-state index in [0.717, 1.165) is 51.4 Å². The SMILES string of the molecule is CC/C=C\C/C=C\C/C=C\C/C=C\CCCCCCCOCC(COC1OC(CO)C(O)C(O)C1O)OC(=O)CC. The van der Waals surface area contributed by atoms with Crippen molar-refractivity contribution in [2.75, 3.05) is 26.4 Å². The molecule has 0 aromatic heterocycles. The van der Waals surface area contributed by atoms with Gasteiger partial charge in [-0.05, 0) is 44.9 Å². The number of ether oxygens (including phenoxy) is 4. The molecule has 1 rings (SSSR count). The molecule has 9 nitrogen and oxygen atoms in total. The van der Waals surface area contributed by atoms with Crippen molar-refractivity contribution in [3.05, 3.63) is 48.6 Å². The number of rotatable bonds is 23. The zero-order valence-electron chi connectivity index (χ0n) is 25.0. The second-order valence-corrected chi connectivity index (χ2v) is 10.1. The van der Waals surface area contributed by atoms with Crippen LogP contribution in [0.1, 0.15) is 84.5 Å². The summed E-state index contributed by atoms with van der Waals surface area (Å²) >= 11 is 0.